The van der Waals surface area contributed by atoms with Crippen molar-refractivity contribution in [1.82, 2.24) is 4.90 Å². The Bertz CT molecular complexity index is 830. The maximum atomic E-state index is 13.5. The molecule has 2 aliphatic heterocycles. The summed E-state index contributed by atoms with van der Waals surface area (Å²) in [7, 11) is 1.68. The molecule has 5 heteroatoms. The van der Waals surface area contributed by atoms with E-state index in [4.69, 9.17) is 9.47 Å². The average Bonchev–Trinajstić information content (AvgIpc) is 2.74. The molecule has 27 heavy (non-hydrogen) atoms. The lowest BCUT2D eigenvalue weighted by atomic mass is 9.92. The van der Waals surface area contributed by atoms with Gasteiger partial charge < -0.3 is 19.3 Å². The average molecular weight is 366 g/mol. The van der Waals surface area contributed by atoms with Crippen LogP contribution in [0.5, 0.6) is 5.75 Å². The van der Waals surface area contributed by atoms with E-state index in [9.17, 15) is 4.79 Å². The van der Waals surface area contributed by atoms with Gasteiger partial charge in [-0.2, -0.15) is 0 Å². The predicted octanol–water partition coefficient (Wildman–Crippen LogP) is 3.29. The highest BCUT2D eigenvalue weighted by Gasteiger charge is 2.30. The number of para-hydroxylation sites is 1. The van der Waals surface area contributed by atoms with E-state index in [1.165, 1.54) is 11.1 Å². The number of amides is 1. The first-order valence-corrected chi connectivity index (χ1v) is 9.58. The molecule has 1 fully saturated rings. The van der Waals surface area contributed by atoms with E-state index in [2.05, 4.69) is 24.0 Å². The van der Waals surface area contributed by atoms with Gasteiger partial charge in [-0.3, -0.25) is 4.79 Å². The van der Waals surface area contributed by atoms with Gasteiger partial charge in [0.15, 0.2) is 0 Å². The number of rotatable bonds is 3. The molecule has 2 heterocycles. The van der Waals surface area contributed by atoms with Crippen LogP contribution in [0, 0.1) is 0 Å². The highest BCUT2D eigenvalue weighted by molar-refractivity contribution is 6.00. The maximum absolute atomic E-state index is 13.5. The maximum Gasteiger partial charge on any atom is 0.256 e. The number of nitrogens with zero attached hydrogens (tertiary/aromatic N) is 2. The number of methoxy groups -OCH3 is 1. The Kier molecular flexibility index (Phi) is 5.03. The molecule has 0 bridgehead atoms. The van der Waals surface area contributed by atoms with Crippen LogP contribution < -0.4 is 9.64 Å². The van der Waals surface area contributed by atoms with Gasteiger partial charge in [0.2, 0.25) is 0 Å². The number of fused-ring (bicyclic) bond motifs is 1. The van der Waals surface area contributed by atoms with Crippen LogP contribution in [0.2, 0.25) is 0 Å². The van der Waals surface area contributed by atoms with Crippen molar-refractivity contribution >= 4 is 11.6 Å². The zero-order chi connectivity index (χ0) is 18.8. The fourth-order valence-corrected chi connectivity index (χ4v) is 4.09. The monoisotopic (exact) mass is 366 g/mol. The quantitative estimate of drug-likeness (QED) is 0.836. The molecule has 0 aliphatic carbocycles. The van der Waals surface area contributed by atoms with Gasteiger partial charge in [-0.05, 0) is 48.7 Å². The van der Waals surface area contributed by atoms with Crippen LogP contribution in [-0.2, 0) is 11.2 Å². The summed E-state index contributed by atoms with van der Waals surface area (Å²) in [6, 6.07) is 14.1. The Morgan fingerprint density at radius 2 is 1.89 bits per heavy atom. The molecule has 0 unspecified atom stereocenters. The Morgan fingerprint density at radius 1 is 1.11 bits per heavy atom. The summed E-state index contributed by atoms with van der Waals surface area (Å²) in [6.07, 6.45) is 0.870. The number of carbonyl (C=O) groups is 1. The Labute approximate surface area is 160 Å². The molecule has 0 N–H and O–H groups in total. The molecular formula is C22H26N2O3. The Hall–Kier alpha value is -2.53. The third kappa shape index (κ3) is 3.39. The van der Waals surface area contributed by atoms with Crippen LogP contribution in [0.1, 0.15) is 34.5 Å². The summed E-state index contributed by atoms with van der Waals surface area (Å²) in [4.78, 5) is 17.7. The largest absolute Gasteiger partial charge is 0.497 e. The molecule has 0 aromatic heterocycles. The molecular weight excluding hydrogens is 340 g/mol. The van der Waals surface area contributed by atoms with E-state index in [1.807, 2.05) is 35.2 Å². The smallest absolute Gasteiger partial charge is 0.256 e. The van der Waals surface area contributed by atoms with Gasteiger partial charge >= 0.3 is 0 Å². The number of anilines is 1. The fourth-order valence-electron chi connectivity index (χ4n) is 4.09. The second kappa shape index (κ2) is 7.61. The van der Waals surface area contributed by atoms with E-state index in [1.54, 1.807) is 7.11 Å². The van der Waals surface area contributed by atoms with Crippen LogP contribution in [0.3, 0.4) is 0 Å². The topological polar surface area (TPSA) is 42.0 Å². The van der Waals surface area contributed by atoms with Crippen molar-refractivity contribution in [2.45, 2.75) is 19.4 Å². The lowest BCUT2D eigenvalue weighted by Gasteiger charge is -2.37. The van der Waals surface area contributed by atoms with E-state index < -0.39 is 0 Å². The second-order valence-corrected chi connectivity index (χ2v) is 7.11. The predicted molar refractivity (Wildman–Crippen MR) is 106 cm³/mol. The molecule has 1 saturated heterocycles. The molecule has 142 valence electrons. The van der Waals surface area contributed by atoms with Crippen LogP contribution >= 0.6 is 0 Å². The molecule has 0 saturated carbocycles. The third-order valence-electron chi connectivity index (χ3n) is 5.64. The van der Waals surface area contributed by atoms with Gasteiger partial charge in [-0.1, -0.05) is 18.2 Å². The van der Waals surface area contributed by atoms with E-state index in [0.717, 1.165) is 43.1 Å². The highest BCUT2D eigenvalue weighted by Crippen LogP contribution is 2.34. The molecule has 0 spiro atoms. The molecule has 4 rings (SSSR count). The number of morpholine rings is 1. The Balaban J connectivity index is 1.63. The number of benzene rings is 2. The molecule has 0 radical (unpaired) electrons. The normalized spacial score (nSPS) is 19.6. The van der Waals surface area contributed by atoms with Crippen molar-refractivity contribution in [2.75, 3.05) is 44.9 Å². The van der Waals surface area contributed by atoms with Crippen molar-refractivity contribution in [3.8, 4) is 5.75 Å². The number of hydrogen-bond donors (Lipinski definition) is 0. The van der Waals surface area contributed by atoms with Crippen molar-refractivity contribution in [3.63, 3.8) is 0 Å². The molecule has 2 aliphatic rings. The van der Waals surface area contributed by atoms with Crippen molar-refractivity contribution < 1.29 is 14.3 Å². The SMILES string of the molecule is COc1ccc2c(c1)[C@H](C)N(C(=O)c1ccccc1N1CCOCC1)CC2. The molecule has 2 aromatic carbocycles. The van der Waals surface area contributed by atoms with Gasteiger partial charge in [-0.25, -0.2) is 0 Å². The molecule has 1 amide bonds. The van der Waals surface area contributed by atoms with Crippen LogP contribution in [0.25, 0.3) is 0 Å². The molecule has 5 nitrogen and oxygen atoms in total. The summed E-state index contributed by atoms with van der Waals surface area (Å²) < 4.78 is 10.9. The summed E-state index contributed by atoms with van der Waals surface area (Å²) in [5.41, 5.74) is 4.26. The second-order valence-electron chi connectivity index (χ2n) is 7.11. The lowest BCUT2D eigenvalue weighted by molar-refractivity contribution is 0.0677. The highest BCUT2D eigenvalue weighted by atomic mass is 16.5. The van der Waals surface area contributed by atoms with E-state index in [0.29, 0.717) is 13.2 Å². The minimum atomic E-state index is 0.0223. The van der Waals surface area contributed by atoms with Crippen molar-refractivity contribution in [1.29, 1.82) is 0 Å². The fraction of sp³-hybridized carbons (Fsp3) is 0.409. The summed E-state index contributed by atoms with van der Waals surface area (Å²) in [5, 5.41) is 0. The number of ether oxygens (including phenoxy) is 2. The van der Waals surface area contributed by atoms with Gasteiger partial charge in [0.1, 0.15) is 5.75 Å². The minimum Gasteiger partial charge on any atom is -0.497 e. The summed E-state index contributed by atoms with van der Waals surface area (Å²) >= 11 is 0. The molecule has 1 atom stereocenters. The summed E-state index contributed by atoms with van der Waals surface area (Å²) in [6.45, 7) is 5.88. The van der Waals surface area contributed by atoms with Gasteiger partial charge in [-0.15, -0.1) is 0 Å². The molecule has 2 aromatic rings. The zero-order valence-electron chi connectivity index (χ0n) is 16.0. The zero-order valence-corrected chi connectivity index (χ0v) is 16.0. The first-order valence-electron chi connectivity index (χ1n) is 9.58. The number of carbonyl (C=O) groups excluding carboxylic acids is 1. The van der Waals surface area contributed by atoms with Gasteiger partial charge in [0, 0.05) is 25.3 Å². The standard InChI is InChI=1S/C22H26N2O3/c1-16-20-15-18(26-2)8-7-17(20)9-10-24(16)22(25)19-5-3-4-6-21(19)23-11-13-27-14-12-23/h3-8,15-16H,9-14H2,1-2H3/t16-/m0/s1. The minimum absolute atomic E-state index is 0.0223. The first-order chi connectivity index (χ1) is 13.2. The Morgan fingerprint density at radius 3 is 2.67 bits per heavy atom. The first kappa shape index (κ1) is 17.9. The van der Waals surface area contributed by atoms with Crippen LogP contribution in [-0.4, -0.2) is 50.8 Å². The van der Waals surface area contributed by atoms with E-state index >= 15 is 0 Å². The van der Waals surface area contributed by atoms with Crippen molar-refractivity contribution in [2.24, 2.45) is 0 Å². The van der Waals surface area contributed by atoms with Gasteiger partial charge in [0.05, 0.1) is 31.9 Å². The summed E-state index contributed by atoms with van der Waals surface area (Å²) in [5.74, 6) is 0.932. The van der Waals surface area contributed by atoms with Gasteiger partial charge in [0.25, 0.3) is 5.91 Å². The van der Waals surface area contributed by atoms with Crippen LogP contribution in [0.4, 0.5) is 5.69 Å². The van der Waals surface area contributed by atoms with Crippen molar-refractivity contribution in [3.05, 3.63) is 59.2 Å². The number of hydrogen-bond acceptors (Lipinski definition) is 4. The van der Waals surface area contributed by atoms with Crippen LogP contribution in [0.15, 0.2) is 42.5 Å². The third-order valence-corrected chi connectivity index (χ3v) is 5.64. The van der Waals surface area contributed by atoms with E-state index in [-0.39, 0.29) is 11.9 Å². The lowest BCUT2D eigenvalue weighted by Crippen LogP contribution is -2.41.